The van der Waals surface area contributed by atoms with Crippen molar-refractivity contribution < 1.29 is 19.1 Å². The minimum atomic E-state index is -0.132. The maximum absolute atomic E-state index is 12.3. The van der Waals surface area contributed by atoms with E-state index < -0.39 is 0 Å². The van der Waals surface area contributed by atoms with Crippen LogP contribution in [0, 0.1) is 11.8 Å². The third-order valence-electron chi connectivity index (χ3n) is 4.62. The SMILES string of the molecule is CCCOC(=O)C1CCCC(C(=O)OC2CCCCC2)C1. The van der Waals surface area contributed by atoms with Crippen LogP contribution in [0.2, 0.25) is 0 Å². The summed E-state index contributed by atoms with van der Waals surface area (Å²) in [4.78, 5) is 24.2. The molecule has 0 aromatic rings. The van der Waals surface area contributed by atoms with Gasteiger partial charge in [0.05, 0.1) is 18.4 Å². The van der Waals surface area contributed by atoms with Crippen molar-refractivity contribution in [1.82, 2.24) is 0 Å². The van der Waals surface area contributed by atoms with Gasteiger partial charge in [0.25, 0.3) is 0 Å². The van der Waals surface area contributed by atoms with Gasteiger partial charge in [-0.3, -0.25) is 9.59 Å². The first kappa shape index (κ1) is 16.3. The van der Waals surface area contributed by atoms with Crippen LogP contribution in [-0.2, 0) is 19.1 Å². The molecule has 2 saturated carbocycles. The summed E-state index contributed by atoms with van der Waals surface area (Å²) in [5.74, 6) is -0.448. The molecule has 4 heteroatoms. The number of ether oxygens (including phenoxy) is 2. The fraction of sp³-hybridized carbons (Fsp3) is 0.882. The Labute approximate surface area is 127 Å². The molecule has 21 heavy (non-hydrogen) atoms. The molecule has 0 aliphatic heterocycles. The maximum Gasteiger partial charge on any atom is 0.309 e. The topological polar surface area (TPSA) is 52.6 Å². The van der Waals surface area contributed by atoms with Gasteiger partial charge in [0.1, 0.15) is 6.10 Å². The van der Waals surface area contributed by atoms with Crippen LogP contribution in [0.4, 0.5) is 0 Å². The molecule has 0 heterocycles. The summed E-state index contributed by atoms with van der Waals surface area (Å²) in [6, 6.07) is 0. The monoisotopic (exact) mass is 296 g/mol. The third kappa shape index (κ3) is 5.01. The highest BCUT2D eigenvalue weighted by Gasteiger charge is 2.34. The average Bonchev–Trinajstić information content (AvgIpc) is 2.53. The van der Waals surface area contributed by atoms with Crippen molar-refractivity contribution in [2.75, 3.05) is 6.61 Å². The molecular formula is C17H28O4. The summed E-state index contributed by atoms with van der Waals surface area (Å²) >= 11 is 0. The molecule has 2 aliphatic carbocycles. The lowest BCUT2D eigenvalue weighted by Gasteiger charge is -2.29. The number of hydrogen-bond donors (Lipinski definition) is 0. The zero-order valence-electron chi connectivity index (χ0n) is 13.1. The summed E-state index contributed by atoms with van der Waals surface area (Å²) in [6.07, 6.45) is 9.74. The molecule has 0 bridgehead atoms. The van der Waals surface area contributed by atoms with Crippen molar-refractivity contribution in [3.8, 4) is 0 Å². The van der Waals surface area contributed by atoms with Crippen molar-refractivity contribution in [1.29, 1.82) is 0 Å². The van der Waals surface area contributed by atoms with E-state index in [1.54, 1.807) is 0 Å². The summed E-state index contributed by atoms with van der Waals surface area (Å²) < 4.78 is 10.9. The Bertz CT molecular complexity index is 347. The number of carbonyl (C=O) groups excluding carboxylic acids is 2. The van der Waals surface area contributed by atoms with Crippen molar-refractivity contribution >= 4 is 11.9 Å². The Morgan fingerprint density at radius 1 is 0.905 bits per heavy atom. The fourth-order valence-corrected chi connectivity index (χ4v) is 3.38. The standard InChI is InChI=1S/C17H28O4/c1-2-11-20-16(18)13-7-6-8-14(12-13)17(19)21-15-9-4-3-5-10-15/h13-15H,2-12H2,1H3. The van der Waals surface area contributed by atoms with Gasteiger partial charge in [0.2, 0.25) is 0 Å². The second-order valence-electron chi connectivity index (χ2n) is 6.42. The smallest absolute Gasteiger partial charge is 0.309 e. The average molecular weight is 296 g/mol. The Morgan fingerprint density at radius 3 is 2.24 bits per heavy atom. The van der Waals surface area contributed by atoms with Gasteiger partial charge in [0.15, 0.2) is 0 Å². The zero-order valence-corrected chi connectivity index (χ0v) is 13.1. The normalized spacial score (nSPS) is 27.1. The zero-order chi connectivity index (χ0) is 15.1. The Hall–Kier alpha value is -1.06. The third-order valence-corrected chi connectivity index (χ3v) is 4.62. The van der Waals surface area contributed by atoms with E-state index in [1.807, 2.05) is 6.92 Å². The van der Waals surface area contributed by atoms with Gasteiger partial charge in [-0.05, 0) is 51.4 Å². The van der Waals surface area contributed by atoms with E-state index in [0.717, 1.165) is 51.4 Å². The number of rotatable bonds is 5. The predicted octanol–water partition coefficient (Wildman–Crippen LogP) is 3.62. The minimum Gasteiger partial charge on any atom is -0.465 e. The van der Waals surface area contributed by atoms with Gasteiger partial charge in [0, 0.05) is 0 Å². The van der Waals surface area contributed by atoms with Crippen molar-refractivity contribution in [2.24, 2.45) is 11.8 Å². The lowest BCUT2D eigenvalue weighted by molar-refractivity contribution is -0.159. The highest BCUT2D eigenvalue weighted by molar-refractivity contribution is 5.76. The number of hydrogen-bond acceptors (Lipinski definition) is 4. The molecule has 2 fully saturated rings. The highest BCUT2D eigenvalue weighted by atomic mass is 16.5. The second kappa shape index (κ2) is 8.40. The highest BCUT2D eigenvalue weighted by Crippen LogP contribution is 2.32. The van der Waals surface area contributed by atoms with Crippen molar-refractivity contribution in [3.05, 3.63) is 0 Å². The second-order valence-corrected chi connectivity index (χ2v) is 6.42. The van der Waals surface area contributed by atoms with E-state index >= 15 is 0 Å². The predicted molar refractivity (Wildman–Crippen MR) is 79.7 cm³/mol. The van der Waals surface area contributed by atoms with Gasteiger partial charge < -0.3 is 9.47 Å². The molecular weight excluding hydrogens is 268 g/mol. The van der Waals surface area contributed by atoms with Gasteiger partial charge in [-0.15, -0.1) is 0 Å². The van der Waals surface area contributed by atoms with E-state index in [2.05, 4.69) is 0 Å². The van der Waals surface area contributed by atoms with Crippen LogP contribution in [-0.4, -0.2) is 24.6 Å². The fourth-order valence-electron chi connectivity index (χ4n) is 3.38. The first-order chi connectivity index (χ1) is 10.2. The van der Waals surface area contributed by atoms with E-state index in [0.29, 0.717) is 13.0 Å². The molecule has 2 atom stereocenters. The molecule has 0 saturated heterocycles. The lowest BCUT2D eigenvalue weighted by atomic mass is 9.81. The Morgan fingerprint density at radius 2 is 1.57 bits per heavy atom. The van der Waals surface area contributed by atoms with E-state index in [-0.39, 0.29) is 29.9 Å². The summed E-state index contributed by atoms with van der Waals surface area (Å²) in [7, 11) is 0. The van der Waals surface area contributed by atoms with Crippen LogP contribution in [0.1, 0.15) is 71.1 Å². The first-order valence-corrected chi connectivity index (χ1v) is 8.57. The van der Waals surface area contributed by atoms with Crippen LogP contribution < -0.4 is 0 Å². The summed E-state index contributed by atoms with van der Waals surface area (Å²) in [6.45, 7) is 2.46. The molecule has 0 spiro atoms. The van der Waals surface area contributed by atoms with Crippen molar-refractivity contribution in [3.63, 3.8) is 0 Å². The molecule has 2 unspecified atom stereocenters. The van der Waals surface area contributed by atoms with Crippen molar-refractivity contribution in [2.45, 2.75) is 77.2 Å². The van der Waals surface area contributed by atoms with E-state index in [4.69, 9.17) is 9.47 Å². The van der Waals surface area contributed by atoms with Gasteiger partial charge in [-0.25, -0.2) is 0 Å². The van der Waals surface area contributed by atoms with Crippen LogP contribution in [0.5, 0.6) is 0 Å². The molecule has 2 aliphatic rings. The minimum absolute atomic E-state index is 0.0881. The quantitative estimate of drug-likeness (QED) is 0.727. The molecule has 0 N–H and O–H groups in total. The summed E-state index contributed by atoms with van der Waals surface area (Å²) in [5, 5.41) is 0. The number of esters is 2. The van der Waals surface area contributed by atoms with Gasteiger partial charge in [-0.1, -0.05) is 19.8 Å². The lowest BCUT2D eigenvalue weighted by Crippen LogP contribution is -2.32. The molecule has 120 valence electrons. The first-order valence-electron chi connectivity index (χ1n) is 8.57. The van der Waals surface area contributed by atoms with Crippen LogP contribution in [0.3, 0.4) is 0 Å². The summed E-state index contributed by atoms with van der Waals surface area (Å²) in [5.41, 5.74) is 0. The van der Waals surface area contributed by atoms with Crippen LogP contribution in [0.15, 0.2) is 0 Å². The van der Waals surface area contributed by atoms with Gasteiger partial charge >= 0.3 is 11.9 Å². The van der Waals surface area contributed by atoms with E-state index in [9.17, 15) is 9.59 Å². The molecule has 0 amide bonds. The Kier molecular flexibility index (Phi) is 6.52. The number of carbonyl (C=O) groups is 2. The molecule has 0 aromatic carbocycles. The molecule has 0 aromatic heterocycles. The van der Waals surface area contributed by atoms with Crippen LogP contribution >= 0.6 is 0 Å². The molecule has 2 rings (SSSR count). The Balaban J connectivity index is 1.79. The molecule has 4 nitrogen and oxygen atoms in total. The van der Waals surface area contributed by atoms with E-state index in [1.165, 1.54) is 6.42 Å². The molecule has 0 radical (unpaired) electrons. The van der Waals surface area contributed by atoms with Crippen LogP contribution in [0.25, 0.3) is 0 Å². The maximum atomic E-state index is 12.3. The largest absolute Gasteiger partial charge is 0.465 e. The van der Waals surface area contributed by atoms with Gasteiger partial charge in [-0.2, -0.15) is 0 Å².